The maximum atomic E-state index is 12.1. The Hall–Kier alpha value is -1.55. The summed E-state index contributed by atoms with van der Waals surface area (Å²) in [4.78, 5) is 12.1. The molecule has 0 aliphatic heterocycles. The lowest BCUT2D eigenvalue weighted by atomic mass is 10.1. The molecule has 1 amide bonds. The van der Waals surface area contributed by atoms with E-state index in [9.17, 15) is 4.79 Å². The van der Waals surface area contributed by atoms with E-state index in [2.05, 4.69) is 5.32 Å². The van der Waals surface area contributed by atoms with E-state index in [-0.39, 0.29) is 11.9 Å². The molecule has 3 N–H and O–H groups in total. The highest BCUT2D eigenvalue weighted by Crippen LogP contribution is 2.31. The van der Waals surface area contributed by atoms with E-state index >= 15 is 0 Å². The lowest BCUT2D eigenvalue weighted by Crippen LogP contribution is -2.38. The molecule has 1 saturated carbocycles. The standard InChI is InChI=1S/C14H20N2O2/c1-9-3-6-13(18-2)11(7-9)14(17)16-8-12(15)10-4-5-10/h3,6-7,10,12H,4-5,8,15H2,1-2H3,(H,16,17). The first-order valence-electron chi connectivity index (χ1n) is 6.30. The molecule has 0 radical (unpaired) electrons. The van der Waals surface area contributed by atoms with Gasteiger partial charge in [-0.3, -0.25) is 4.79 Å². The van der Waals surface area contributed by atoms with Crippen LogP contribution in [-0.2, 0) is 0 Å². The van der Waals surface area contributed by atoms with Crippen molar-refractivity contribution in [3.8, 4) is 5.75 Å². The number of methoxy groups -OCH3 is 1. The average molecular weight is 248 g/mol. The van der Waals surface area contributed by atoms with Gasteiger partial charge in [0.2, 0.25) is 0 Å². The summed E-state index contributed by atoms with van der Waals surface area (Å²) < 4.78 is 5.20. The summed E-state index contributed by atoms with van der Waals surface area (Å²) in [5.74, 6) is 1.06. The van der Waals surface area contributed by atoms with Crippen LogP contribution in [0.15, 0.2) is 18.2 Å². The SMILES string of the molecule is COc1ccc(C)cc1C(=O)NCC(N)C1CC1. The normalized spacial score (nSPS) is 16.2. The molecule has 1 aromatic rings. The predicted molar refractivity (Wildman–Crippen MR) is 70.8 cm³/mol. The molecule has 1 aliphatic rings. The Bertz CT molecular complexity index is 441. The Balaban J connectivity index is 2.00. The summed E-state index contributed by atoms with van der Waals surface area (Å²) in [7, 11) is 1.57. The molecular formula is C14H20N2O2. The van der Waals surface area contributed by atoms with Crippen LogP contribution in [-0.4, -0.2) is 25.6 Å². The third-order valence-electron chi connectivity index (χ3n) is 3.33. The Labute approximate surface area is 108 Å². The monoisotopic (exact) mass is 248 g/mol. The number of hydrogen-bond donors (Lipinski definition) is 2. The number of hydrogen-bond acceptors (Lipinski definition) is 3. The van der Waals surface area contributed by atoms with E-state index in [1.54, 1.807) is 7.11 Å². The van der Waals surface area contributed by atoms with Crippen LogP contribution in [0, 0.1) is 12.8 Å². The van der Waals surface area contributed by atoms with Crippen molar-refractivity contribution in [2.24, 2.45) is 11.7 Å². The van der Waals surface area contributed by atoms with Crippen molar-refractivity contribution in [2.45, 2.75) is 25.8 Å². The fourth-order valence-corrected chi connectivity index (χ4v) is 2.00. The minimum Gasteiger partial charge on any atom is -0.496 e. The summed E-state index contributed by atoms with van der Waals surface area (Å²) in [5, 5.41) is 2.88. The molecule has 0 aromatic heterocycles. The molecule has 18 heavy (non-hydrogen) atoms. The largest absolute Gasteiger partial charge is 0.496 e. The van der Waals surface area contributed by atoms with Crippen molar-refractivity contribution in [3.05, 3.63) is 29.3 Å². The van der Waals surface area contributed by atoms with Gasteiger partial charge in [0.25, 0.3) is 5.91 Å². The molecule has 1 unspecified atom stereocenters. The number of amides is 1. The smallest absolute Gasteiger partial charge is 0.255 e. The summed E-state index contributed by atoms with van der Waals surface area (Å²) in [6.07, 6.45) is 2.37. The lowest BCUT2D eigenvalue weighted by Gasteiger charge is -2.13. The van der Waals surface area contributed by atoms with Gasteiger partial charge in [-0.1, -0.05) is 11.6 Å². The van der Waals surface area contributed by atoms with Crippen LogP contribution in [0.2, 0.25) is 0 Å². The number of benzene rings is 1. The van der Waals surface area contributed by atoms with Crippen LogP contribution in [0.1, 0.15) is 28.8 Å². The van der Waals surface area contributed by atoms with E-state index in [1.165, 1.54) is 12.8 Å². The van der Waals surface area contributed by atoms with Crippen molar-refractivity contribution >= 4 is 5.91 Å². The zero-order valence-electron chi connectivity index (χ0n) is 10.9. The highest BCUT2D eigenvalue weighted by Gasteiger charge is 2.28. The van der Waals surface area contributed by atoms with Gasteiger partial charge >= 0.3 is 0 Å². The number of nitrogens with one attached hydrogen (secondary N) is 1. The van der Waals surface area contributed by atoms with Crippen LogP contribution in [0.3, 0.4) is 0 Å². The van der Waals surface area contributed by atoms with Crippen LogP contribution in [0.25, 0.3) is 0 Å². The molecule has 1 atom stereocenters. The van der Waals surface area contributed by atoms with Gasteiger partial charge in [0.15, 0.2) is 0 Å². The highest BCUT2D eigenvalue weighted by atomic mass is 16.5. The average Bonchev–Trinajstić information content (AvgIpc) is 3.19. The van der Waals surface area contributed by atoms with E-state index in [1.807, 2.05) is 25.1 Å². The second-order valence-corrected chi connectivity index (χ2v) is 4.92. The minimum absolute atomic E-state index is 0.0738. The van der Waals surface area contributed by atoms with Crippen molar-refractivity contribution in [1.82, 2.24) is 5.32 Å². The second kappa shape index (κ2) is 5.40. The zero-order chi connectivity index (χ0) is 13.1. The van der Waals surface area contributed by atoms with Crippen molar-refractivity contribution < 1.29 is 9.53 Å². The number of carbonyl (C=O) groups excluding carboxylic acids is 1. The first-order chi connectivity index (χ1) is 8.61. The second-order valence-electron chi connectivity index (χ2n) is 4.92. The molecular weight excluding hydrogens is 228 g/mol. The molecule has 0 heterocycles. The summed E-state index contributed by atoms with van der Waals surface area (Å²) in [5.41, 5.74) is 7.56. The first kappa shape index (κ1) is 12.9. The first-order valence-corrected chi connectivity index (χ1v) is 6.30. The van der Waals surface area contributed by atoms with Crippen molar-refractivity contribution in [2.75, 3.05) is 13.7 Å². The highest BCUT2D eigenvalue weighted by molar-refractivity contribution is 5.97. The quantitative estimate of drug-likeness (QED) is 0.829. The Kier molecular flexibility index (Phi) is 3.87. The van der Waals surface area contributed by atoms with E-state index in [0.717, 1.165) is 5.56 Å². The molecule has 0 spiro atoms. The molecule has 0 bridgehead atoms. The van der Waals surface area contributed by atoms with Gasteiger partial charge in [-0.05, 0) is 37.8 Å². The van der Waals surface area contributed by atoms with Gasteiger partial charge in [-0.2, -0.15) is 0 Å². The van der Waals surface area contributed by atoms with E-state index in [4.69, 9.17) is 10.5 Å². The van der Waals surface area contributed by atoms with Crippen molar-refractivity contribution in [1.29, 1.82) is 0 Å². The molecule has 4 nitrogen and oxygen atoms in total. The maximum Gasteiger partial charge on any atom is 0.255 e. The van der Waals surface area contributed by atoms with Gasteiger partial charge in [-0.15, -0.1) is 0 Å². The van der Waals surface area contributed by atoms with Crippen LogP contribution in [0.5, 0.6) is 5.75 Å². The lowest BCUT2D eigenvalue weighted by molar-refractivity contribution is 0.0947. The van der Waals surface area contributed by atoms with Gasteiger partial charge in [-0.25, -0.2) is 0 Å². The summed E-state index contributed by atoms with van der Waals surface area (Å²) >= 11 is 0. The van der Waals surface area contributed by atoms with Gasteiger partial charge < -0.3 is 15.8 Å². The molecule has 4 heteroatoms. The van der Waals surface area contributed by atoms with Crippen LogP contribution < -0.4 is 15.8 Å². The fraction of sp³-hybridized carbons (Fsp3) is 0.500. The number of nitrogens with two attached hydrogens (primary N) is 1. The Morgan fingerprint density at radius 2 is 2.28 bits per heavy atom. The minimum atomic E-state index is -0.119. The topological polar surface area (TPSA) is 64.3 Å². The maximum absolute atomic E-state index is 12.1. The molecule has 98 valence electrons. The Morgan fingerprint density at radius 3 is 2.89 bits per heavy atom. The predicted octanol–water partition coefficient (Wildman–Crippen LogP) is 1.47. The van der Waals surface area contributed by atoms with Gasteiger partial charge in [0, 0.05) is 12.6 Å². The zero-order valence-corrected chi connectivity index (χ0v) is 10.9. The number of ether oxygens (including phenoxy) is 1. The van der Waals surface area contributed by atoms with Gasteiger partial charge in [0.05, 0.1) is 12.7 Å². The fourth-order valence-electron chi connectivity index (χ4n) is 2.00. The number of carbonyl (C=O) groups is 1. The molecule has 1 aliphatic carbocycles. The molecule has 1 aromatic carbocycles. The third-order valence-corrected chi connectivity index (χ3v) is 3.33. The van der Waals surface area contributed by atoms with E-state index < -0.39 is 0 Å². The Morgan fingerprint density at radius 1 is 1.56 bits per heavy atom. The third kappa shape index (κ3) is 3.01. The van der Waals surface area contributed by atoms with E-state index in [0.29, 0.717) is 23.8 Å². The number of aryl methyl sites for hydroxylation is 1. The number of rotatable bonds is 5. The van der Waals surface area contributed by atoms with Gasteiger partial charge in [0.1, 0.15) is 5.75 Å². The van der Waals surface area contributed by atoms with Crippen LogP contribution in [0.4, 0.5) is 0 Å². The molecule has 0 saturated heterocycles. The molecule has 1 fully saturated rings. The van der Waals surface area contributed by atoms with Crippen molar-refractivity contribution in [3.63, 3.8) is 0 Å². The summed E-state index contributed by atoms with van der Waals surface area (Å²) in [6.45, 7) is 2.48. The van der Waals surface area contributed by atoms with Crippen LogP contribution >= 0.6 is 0 Å². The molecule has 2 rings (SSSR count). The summed E-state index contributed by atoms with van der Waals surface area (Å²) in [6, 6.07) is 5.64.